The van der Waals surface area contributed by atoms with E-state index in [0.717, 1.165) is 84.2 Å². The molecule has 0 spiro atoms. The molecule has 0 aromatic heterocycles. The number of aliphatic hydroxyl groups excluding tert-OH is 1. The first-order valence-electron chi connectivity index (χ1n) is 25.4. The highest BCUT2D eigenvalue weighted by molar-refractivity contribution is 5.69. The molecule has 0 aromatic carbocycles. The van der Waals surface area contributed by atoms with Gasteiger partial charge in [-0.25, -0.2) is 0 Å². The van der Waals surface area contributed by atoms with Gasteiger partial charge in [0.25, 0.3) is 0 Å². The fourth-order valence-electron chi connectivity index (χ4n) is 8.53. The van der Waals surface area contributed by atoms with E-state index in [-0.39, 0.29) is 18.0 Å². The molecule has 0 saturated carbocycles. The van der Waals surface area contributed by atoms with Crippen molar-refractivity contribution in [3.05, 3.63) is 0 Å². The van der Waals surface area contributed by atoms with E-state index in [9.17, 15) is 14.7 Å². The second-order valence-corrected chi connectivity index (χ2v) is 18.1. The van der Waals surface area contributed by atoms with Crippen LogP contribution in [0.3, 0.4) is 0 Å². The molecule has 0 radical (unpaired) electrons. The van der Waals surface area contributed by atoms with Gasteiger partial charge in [0.2, 0.25) is 0 Å². The monoisotopic (exact) mass is 807 g/mol. The zero-order valence-electron chi connectivity index (χ0n) is 38.7. The summed E-state index contributed by atoms with van der Waals surface area (Å²) in [6.45, 7) is 16.1. The third-order valence-electron chi connectivity index (χ3n) is 12.5. The van der Waals surface area contributed by atoms with Crippen LogP contribution in [0.2, 0.25) is 0 Å². The average Bonchev–Trinajstić information content (AvgIpc) is 3.63. The van der Waals surface area contributed by atoms with E-state index in [1.807, 2.05) is 0 Å². The van der Waals surface area contributed by atoms with Gasteiger partial charge in [0.05, 0.1) is 19.3 Å². The second kappa shape index (κ2) is 40.2. The molecule has 0 amide bonds. The Morgan fingerprint density at radius 2 is 0.895 bits per heavy atom. The zero-order valence-corrected chi connectivity index (χ0v) is 38.7. The van der Waals surface area contributed by atoms with Crippen LogP contribution in [0, 0.1) is 11.8 Å². The molecule has 1 aliphatic heterocycles. The molecular weight excluding hydrogens is 709 g/mol. The smallest absolute Gasteiger partial charge is 0.305 e. The second-order valence-electron chi connectivity index (χ2n) is 18.1. The number of nitrogens with zero attached hydrogens (tertiary/aromatic N) is 2. The van der Waals surface area contributed by atoms with Gasteiger partial charge in [-0.05, 0) is 82.7 Å². The molecule has 3 atom stereocenters. The molecule has 1 aliphatic rings. The van der Waals surface area contributed by atoms with Gasteiger partial charge in [-0.3, -0.25) is 14.5 Å². The molecule has 7 heteroatoms. The molecule has 57 heavy (non-hydrogen) atoms. The van der Waals surface area contributed by atoms with Gasteiger partial charge in [0.15, 0.2) is 0 Å². The van der Waals surface area contributed by atoms with Crippen LogP contribution in [-0.4, -0.2) is 85.4 Å². The van der Waals surface area contributed by atoms with Crippen molar-refractivity contribution in [3.63, 3.8) is 0 Å². The van der Waals surface area contributed by atoms with E-state index in [1.54, 1.807) is 0 Å². The number of esters is 2. The molecular formula is C50H98N2O5. The van der Waals surface area contributed by atoms with E-state index in [4.69, 9.17) is 9.47 Å². The lowest BCUT2D eigenvalue weighted by molar-refractivity contribution is -0.146. The predicted molar refractivity (Wildman–Crippen MR) is 243 cm³/mol. The van der Waals surface area contributed by atoms with Crippen molar-refractivity contribution in [2.24, 2.45) is 11.8 Å². The lowest BCUT2D eigenvalue weighted by Crippen LogP contribution is -2.35. The van der Waals surface area contributed by atoms with Crippen LogP contribution in [0.5, 0.6) is 0 Å². The Labute approximate surface area is 354 Å². The molecule has 7 nitrogen and oxygen atoms in total. The SMILES string of the molecule is CCCCCCCCC(CCCCCC)COC(=O)CCCCCN(CCCCCC(=O)OCC(CCCCCC)CCCCCCCC)CCN1CCC(O)C1. The Hall–Kier alpha value is -1.18. The summed E-state index contributed by atoms with van der Waals surface area (Å²) in [7, 11) is 0. The Morgan fingerprint density at radius 3 is 1.28 bits per heavy atom. The van der Waals surface area contributed by atoms with E-state index in [2.05, 4.69) is 37.5 Å². The molecule has 0 bridgehead atoms. The number of hydrogen-bond donors (Lipinski definition) is 1. The Kier molecular flexibility index (Phi) is 38.0. The normalized spacial score (nSPS) is 15.7. The number of rotatable bonds is 43. The Bertz CT molecular complexity index is 829. The molecule has 3 unspecified atom stereocenters. The van der Waals surface area contributed by atoms with Crippen molar-refractivity contribution in [1.82, 2.24) is 9.80 Å². The summed E-state index contributed by atoms with van der Waals surface area (Å²) in [5, 5.41) is 10.0. The number of β-amino-alcohol motifs (C(OH)–C–C–N with tert-alkyl or cyclic N) is 1. The van der Waals surface area contributed by atoms with Gasteiger partial charge in [-0.1, -0.05) is 169 Å². The van der Waals surface area contributed by atoms with Crippen LogP contribution in [-0.2, 0) is 19.1 Å². The highest BCUT2D eigenvalue weighted by Crippen LogP contribution is 2.22. The van der Waals surface area contributed by atoms with E-state index in [0.29, 0.717) is 37.9 Å². The Morgan fingerprint density at radius 1 is 0.526 bits per heavy atom. The van der Waals surface area contributed by atoms with E-state index < -0.39 is 0 Å². The van der Waals surface area contributed by atoms with Crippen molar-refractivity contribution in [2.75, 3.05) is 52.5 Å². The lowest BCUT2D eigenvalue weighted by atomic mass is 9.95. The van der Waals surface area contributed by atoms with Crippen molar-refractivity contribution >= 4 is 11.9 Å². The maximum atomic E-state index is 12.7. The number of aliphatic hydroxyl groups is 1. The van der Waals surface area contributed by atoms with Crippen molar-refractivity contribution in [2.45, 2.75) is 246 Å². The van der Waals surface area contributed by atoms with Crippen molar-refractivity contribution < 1.29 is 24.2 Å². The molecule has 1 heterocycles. The summed E-state index contributed by atoms with van der Waals surface area (Å²) < 4.78 is 11.7. The lowest BCUT2D eigenvalue weighted by Gasteiger charge is -2.25. The van der Waals surface area contributed by atoms with E-state index in [1.165, 1.54) is 154 Å². The topological polar surface area (TPSA) is 79.3 Å². The summed E-state index contributed by atoms with van der Waals surface area (Å²) in [5.74, 6) is 1.01. The number of likely N-dealkylation sites (tertiary alicyclic amines) is 1. The van der Waals surface area contributed by atoms with Gasteiger partial charge in [-0.15, -0.1) is 0 Å². The molecule has 1 saturated heterocycles. The molecule has 1 fully saturated rings. The van der Waals surface area contributed by atoms with Gasteiger partial charge in [0.1, 0.15) is 0 Å². The summed E-state index contributed by atoms with van der Waals surface area (Å²) in [5.41, 5.74) is 0. The maximum Gasteiger partial charge on any atom is 0.305 e. The number of hydrogen-bond acceptors (Lipinski definition) is 7. The first-order valence-corrected chi connectivity index (χ1v) is 25.4. The fraction of sp³-hybridized carbons (Fsp3) is 0.960. The summed E-state index contributed by atoms with van der Waals surface area (Å²) in [4.78, 5) is 30.4. The summed E-state index contributed by atoms with van der Waals surface area (Å²) >= 11 is 0. The van der Waals surface area contributed by atoms with Crippen molar-refractivity contribution in [1.29, 1.82) is 0 Å². The number of carbonyl (C=O) groups excluding carboxylic acids is 2. The summed E-state index contributed by atoms with van der Waals surface area (Å²) in [6, 6.07) is 0. The third kappa shape index (κ3) is 34.3. The van der Waals surface area contributed by atoms with Gasteiger partial charge < -0.3 is 19.5 Å². The number of unbranched alkanes of at least 4 members (excludes halogenated alkanes) is 20. The first-order chi connectivity index (χ1) is 27.9. The molecule has 1 rings (SSSR count). The molecule has 0 aliphatic carbocycles. The predicted octanol–water partition coefficient (Wildman–Crippen LogP) is 13.2. The van der Waals surface area contributed by atoms with Crippen LogP contribution in [0.1, 0.15) is 240 Å². The standard InChI is InChI=1S/C50H98N2O5/c1-5-9-13-17-19-25-33-46(31-23-15-11-7-3)44-56-49(54)35-27-21-29-38-51(41-42-52-40-37-48(53)43-52)39-30-22-28-36-50(55)57-45-47(32-24-16-12-8-4)34-26-20-18-14-10-6-2/h46-48,53H,5-45H2,1-4H3. The minimum Gasteiger partial charge on any atom is -0.465 e. The quantitative estimate of drug-likeness (QED) is 0.0485. The van der Waals surface area contributed by atoms with E-state index >= 15 is 0 Å². The number of ether oxygens (including phenoxy) is 2. The van der Waals surface area contributed by atoms with Crippen molar-refractivity contribution in [3.8, 4) is 0 Å². The third-order valence-corrected chi connectivity index (χ3v) is 12.5. The zero-order chi connectivity index (χ0) is 41.4. The Balaban J connectivity index is 2.39. The van der Waals surface area contributed by atoms with Crippen LogP contribution in [0.25, 0.3) is 0 Å². The van der Waals surface area contributed by atoms with Gasteiger partial charge in [0, 0.05) is 39.0 Å². The summed E-state index contributed by atoms with van der Waals surface area (Å²) in [6.07, 6.45) is 38.6. The molecule has 0 aromatic rings. The minimum absolute atomic E-state index is 0.0141. The molecule has 1 N–H and O–H groups in total. The number of carbonyl (C=O) groups is 2. The highest BCUT2D eigenvalue weighted by Gasteiger charge is 2.20. The van der Waals surface area contributed by atoms with Crippen LogP contribution in [0.4, 0.5) is 0 Å². The van der Waals surface area contributed by atoms with Crippen LogP contribution in [0.15, 0.2) is 0 Å². The average molecular weight is 807 g/mol. The van der Waals surface area contributed by atoms with Gasteiger partial charge in [-0.2, -0.15) is 0 Å². The van der Waals surface area contributed by atoms with Crippen LogP contribution >= 0.6 is 0 Å². The minimum atomic E-state index is -0.184. The fourth-order valence-corrected chi connectivity index (χ4v) is 8.53. The highest BCUT2D eigenvalue weighted by atomic mass is 16.5. The maximum absolute atomic E-state index is 12.7. The largest absolute Gasteiger partial charge is 0.465 e. The first kappa shape index (κ1) is 53.8. The van der Waals surface area contributed by atoms with Crippen LogP contribution < -0.4 is 0 Å². The van der Waals surface area contributed by atoms with Gasteiger partial charge >= 0.3 is 11.9 Å². The molecule has 338 valence electrons.